The van der Waals surface area contributed by atoms with Crippen LogP contribution in [0.25, 0.3) is 0 Å². The van der Waals surface area contributed by atoms with E-state index in [2.05, 4.69) is 15.5 Å². The molecule has 0 fully saturated rings. The molecule has 5 nitrogen and oxygen atoms in total. The largest absolute Gasteiger partial charge is 0.495 e. The average molecular weight is 294 g/mol. The lowest BCUT2D eigenvalue weighted by molar-refractivity contribution is -0.115. The number of hydrogen-bond acceptors (Lipinski definition) is 3. The molecule has 0 bridgehead atoms. The predicted octanol–water partition coefficient (Wildman–Crippen LogP) is 2.87. The first-order valence-electron chi connectivity index (χ1n) is 6.14. The maximum Gasteiger partial charge on any atom is 0.230 e. The van der Waals surface area contributed by atoms with E-state index in [0.29, 0.717) is 22.2 Å². The van der Waals surface area contributed by atoms with Crippen molar-refractivity contribution >= 4 is 23.2 Å². The van der Waals surface area contributed by atoms with Crippen molar-refractivity contribution in [3.8, 4) is 5.75 Å². The highest BCUT2D eigenvalue weighted by molar-refractivity contribution is 6.31. The van der Waals surface area contributed by atoms with Gasteiger partial charge in [0.1, 0.15) is 5.75 Å². The van der Waals surface area contributed by atoms with Crippen LogP contribution in [0, 0.1) is 13.8 Å². The van der Waals surface area contributed by atoms with Gasteiger partial charge in [0.05, 0.1) is 24.9 Å². The molecular weight excluding hydrogens is 278 g/mol. The molecular formula is C14H16ClN3O2. The van der Waals surface area contributed by atoms with Crippen LogP contribution < -0.4 is 10.1 Å². The molecule has 2 N–H and O–H groups in total. The van der Waals surface area contributed by atoms with Crippen molar-refractivity contribution in [1.82, 2.24) is 10.2 Å². The second-order valence-corrected chi connectivity index (χ2v) is 4.98. The van der Waals surface area contributed by atoms with Crippen LogP contribution in [0.3, 0.4) is 0 Å². The van der Waals surface area contributed by atoms with Gasteiger partial charge in [0.2, 0.25) is 5.91 Å². The van der Waals surface area contributed by atoms with Crippen LogP contribution in [0.4, 0.5) is 5.69 Å². The van der Waals surface area contributed by atoms with E-state index in [1.807, 2.05) is 19.9 Å². The lowest BCUT2D eigenvalue weighted by atomic mass is 10.2. The number of aromatic nitrogens is 2. The molecule has 0 saturated heterocycles. The third-order valence-electron chi connectivity index (χ3n) is 2.86. The zero-order chi connectivity index (χ0) is 14.7. The minimum absolute atomic E-state index is 0.156. The first-order chi connectivity index (χ1) is 9.49. The van der Waals surface area contributed by atoms with Crippen molar-refractivity contribution < 1.29 is 9.53 Å². The molecule has 0 saturated carbocycles. The van der Waals surface area contributed by atoms with E-state index < -0.39 is 0 Å². The summed E-state index contributed by atoms with van der Waals surface area (Å²) in [6, 6.07) is 5.31. The maximum absolute atomic E-state index is 12.0. The standard InChI is InChI=1S/C14H16ClN3O2/c1-8-4-12(13(20-3)7-11(8)15)16-14(19)6-10-5-9(2)17-18-10/h4-5,7H,6H2,1-3H3,(H,16,19)(H,17,18). The van der Waals surface area contributed by atoms with Crippen LogP contribution in [-0.2, 0) is 11.2 Å². The van der Waals surface area contributed by atoms with E-state index >= 15 is 0 Å². The number of aryl methyl sites for hydroxylation is 2. The van der Waals surface area contributed by atoms with Crippen molar-refractivity contribution in [3.05, 3.63) is 40.2 Å². The van der Waals surface area contributed by atoms with Crippen molar-refractivity contribution in [1.29, 1.82) is 0 Å². The zero-order valence-electron chi connectivity index (χ0n) is 11.6. The lowest BCUT2D eigenvalue weighted by Gasteiger charge is -2.11. The summed E-state index contributed by atoms with van der Waals surface area (Å²) in [4.78, 5) is 12.0. The van der Waals surface area contributed by atoms with Gasteiger partial charge in [-0.25, -0.2) is 0 Å². The number of H-pyrrole nitrogens is 1. The predicted molar refractivity (Wildman–Crippen MR) is 78.4 cm³/mol. The number of rotatable bonds is 4. The quantitative estimate of drug-likeness (QED) is 0.911. The summed E-state index contributed by atoms with van der Waals surface area (Å²) in [5.41, 5.74) is 3.10. The lowest BCUT2D eigenvalue weighted by Crippen LogP contribution is -2.15. The van der Waals surface area contributed by atoms with Crippen molar-refractivity contribution in [2.45, 2.75) is 20.3 Å². The number of amides is 1. The summed E-state index contributed by atoms with van der Waals surface area (Å²) in [5.74, 6) is 0.378. The summed E-state index contributed by atoms with van der Waals surface area (Å²) >= 11 is 6.03. The van der Waals surface area contributed by atoms with Crippen LogP contribution in [0.1, 0.15) is 17.0 Å². The molecule has 0 unspecified atom stereocenters. The van der Waals surface area contributed by atoms with Gasteiger partial charge in [-0.3, -0.25) is 9.89 Å². The Morgan fingerprint density at radius 1 is 1.40 bits per heavy atom. The summed E-state index contributed by atoms with van der Waals surface area (Å²) in [6.07, 6.45) is 0.204. The Bertz CT molecular complexity index is 637. The van der Waals surface area contributed by atoms with Gasteiger partial charge in [0, 0.05) is 16.8 Å². The first-order valence-corrected chi connectivity index (χ1v) is 6.52. The SMILES string of the molecule is COc1cc(Cl)c(C)cc1NC(=O)Cc1cc(C)[nH]n1. The summed E-state index contributed by atoms with van der Waals surface area (Å²) < 4.78 is 5.22. The molecule has 106 valence electrons. The van der Waals surface area contributed by atoms with Crippen molar-refractivity contribution in [2.24, 2.45) is 0 Å². The molecule has 0 aliphatic heterocycles. The second kappa shape index (κ2) is 5.96. The molecule has 2 rings (SSSR count). The molecule has 1 heterocycles. The normalized spacial score (nSPS) is 10.4. The fourth-order valence-electron chi connectivity index (χ4n) is 1.85. The minimum Gasteiger partial charge on any atom is -0.495 e. The third-order valence-corrected chi connectivity index (χ3v) is 3.26. The first kappa shape index (κ1) is 14.4. The molecule has 0 radical (unpaired) electrons. The van der Waals surface area contributed by atoms with Crippen molar-refractivity contribution in [2.75, 3.05) is 12.4 Å². The van der Waals surface area contributed by atoms with Crippen LogP contribution in [0.15, 0.2) is 18.2 Å². The number of aromatic amines is 1. The Morgan fingerprint density at radius 3 is 2.75 bits per heavy atom. The molecule has 1 aromatic heterocycles. The number of nitrogens with zero attached hydrogens (tertiary/aromatic N) is 1. The highest BCUT2D eigenvalue weighted by atomic mass is 35.5. The number of nitrogens with one attached hydrogen (secondary N) is 2. The molecule has 6 heteroatoms. The van der Waals surface area contributed by atoms with Crippen LogP contribution in [0.5, 0.6) is 5.75 Å². The Hall–Kier alpha value is -2.01. The molecule has 2 aromatic rings. The molecule has 0 aliphatic carbocycles. The average Bonchev–Trinajstić information content (AvgIpc) is 2.78. The Labute approximate surface area is 122 Å². The van der Waals surface area contributed by atoms with E-state index in [4.69, 9.17) is 16.3 Å². The van der Waals surface area contributed by atoms with Gasteiger partial charge in [0.15, 0.2) is 0 Å². The molecule has 20 heavy (non-hydrogen) atoms. The number of hydrogen-bond donors (Lipinski definition) is 2. The number of carbonyl (C=O) groups is 1. The zero-order valence-corrected chi connectivity index (χ0v) is 12.3. The summed E-state index contributed by atoms with van der Waals surface area (Å²) in [6.45, 7) is 3.76. The maximum atomic E-state index is 12.0. The molecule has 0 spiro atoms. The van der Waals surface area contributed by atoms with Gasteiger partial charge in [0.25, 0.3) is 0 Å². The number of halogens is 1. The van der Waals surface area contributed by atoms with E-state index in [0.717, 1.165) is 11.3 Å². The third kappa shape index (κ3) is 3.30. The monoisotopic (exact) mass is 293 g/mol. The highest BCUT2D eigenvalue weighted by Gasteiger charge is 2.12. The number of methoxy groups -OCH3 is 1. The number of ether oxygens (including phenoxy) is 1. The highest BCUT2D eigenvalue weighted by Crippen LogP contribution is 2.30. The Balaban J connectivity index is 2.13. The van der Waals surface area contributed by atoms with Crippen molar-refractivity contribution in [3.63, 3.8) is 0 Å². The number of benzene rings is 1. The van der Waals surface area contributed by atoms with Crippen LogP contribution >= 0.6 is 11.6 Å². The molecule has 0 atom stereocenters. The second-order valence-electron chi connectivity index (χ2n) is 4.57. The minimum atomic E-state index is -0.156. The van der Waals surface area contributed by atoms with Gasteiger partial charge in [-0.2, -0.15) is 5.10 Å². The summed E-state index contributed by atoms with van der Waals surface area (Å²) in [5, 5.41) is 10.2. The number of anilines is 1. The van der Waals surface area contributed by atoms with Gasteiger partial charge >= 0.3 is 0 Å². The molecule has 1 aromatic carbocycles. The van der Waals surface area contributed by atoms with Crippen LogP contribution in [0.2, 0.25) is 5.02 Å². The smallest absolute Gasteiger partial charge is 0.230 e. The van der Waals surface area contributed by atoms with Crippen LogP contribution in [-0.4, -0.2) is 23.2 Å². The van der Waals surface area contributed by atoms with Gasteiger partial charge in [-0.05, 0) is 31.5 Å². The fourth-order valence-corrected chi connectivity index (χ4v) is 2.01. The van der Waals surface area contributed by atoms with Gasteiger partial charge in [-0.1, -0.05) is 11.6 Å². The van der Waals surface area contributed by atoms with E-state index in [1.165, 1.54) is 7.11 Å². The topological polar surface area (TPSA) is 67.0 Å². The Morgan fingerprint density at radius 2 is 2.15 bits per heavy atom. The van der Waals surface area contributed by atoms with Gasteiger partial charge < -0.3 is 10.1 Å². The van der Waals surface area contributed by atoms with Gasteiger partial charge in [-0.15, -0.1) is 0 Å². The summed E-state index contributed by atoms with van der Waals surface area (Å²) in [7, 11) is 1.54. The molecule has 0 aliphatic rings. The number of carbonyl (C=O) groups excluding carboxylic acids is 1. The van der Waals surface area contributed by atoms with E-state index in [1.54, 1.807) is 12.1 Å². The van der Waals surface area contributed by atoms with E-state index in [9.17, 15) is 4.79 Å². The van der Waals surface area contributed by atoms with E-state index in [-0.39, 0.29) is 12.3 Å². The molecule has 1 amide bonds. The Kier molecular flexibility index (Phi) is 4.29. The fraction of sp³-hybridized carbons (Fsp3) is 0.286.